The average molecular weight is 269 g/mol. The maximum absolute atomic E-state index is 5.99. The van der Waals surface area contributed by atoms with Crippen LogP contribution in [0.15, 0.2) is 55.1 Å². The van der Waals surface area contributed by atoms with Gasteiger partial charge in [0.25, 0.3) is 0 Å². The monoisotopic (exact) mass is 268 g/mol. The zero-order valence-corrected chi connectivity index (χ0v) is 10.6. The van der Waals surface area contributed by atoms with Crippen molar-refractivity contribution in [2.45, 2.75) is 0 Å². The normalized spacial score (nSPS) is 10.4. The molecule has 0 aliphatic heterocycles. The average Bonchev–Trinajstić information content (AvgIpc) is 2.48. The molecule has 0 fully saturated rings. The molecule has 3 heterocycles. The fourth-order valence-corrected chi connectivity index (χ4v) is 1.92. The van der Waals surface area contributed by atoms with Gasteiger partial charge in [-0.2, -0.15) is 0 Å². The minimum atomic E-state index is 0.209. The zero-order valence-electron chi connectivity index (χ0n) is 9.86. The lowest BCUT2D eigenvalue weighted by Gasteiger charge is -2.04. The van der Waals surface area contributed by atoms with Gasteiger partial charge in [-0.3, -0.25) is 9.97 Å². The molecule has 0 spiro atoms. The summed E-state index contributed by atoms with van der Waals surface area (Å²) < 4.78 is 0. The Labute approximate surface area is 115 Å². The van der Waals surface area contributed by atoms with E-state index in [1.165, 1.54) is 0 Å². The second kappa shape index (κ2) is 5.12. The smallest absolute Gasteiger partial charge is 0.223 e. The molecule has 5 heteroatoms. The van der Waals surface area contributed by atoms with Gasteiger partial charge in [0.05, 0.1) is 11.4 Å². The predicted molar refractivity (Wildman–Crippen MR) is 73.5 cm³/mol. The molecule has 0 radical (unpaired) electrons. The molecule has 92 valence electrons. The number of rotatable bonds is 2. The van der Waals surface area contributed by atoms with E-state index in [9.17, 15) is 0 Å². The summed E-state index contributed by atoms with van der Waals surface area (Å²) in [7, 11) is 0. The van der Waals surface area contributed by atoms with Crippen LogP contribution in [0.3, 0.4) is 0 Å². The first-order valence-corrected chi connectivity index (χ1v) is 6.06. The highest BCUT2D eigenvalue weighted by molar-refractivity contribution is 6.28. The van der Waals surface area contributed by atoms with E-state index in [1.54, 1.807) is 24.8 Å². The maximum Gasteiger partial charge on any atom is 0.223 e. The summed E-state index contributed by atoms with van der Waals surface area (Å²) >= 11 is 5.99. The fraction of sp³-hybridized carbons (Fsp3) is 0. The third-order valence-electron chi connectivity index (χ3n) is 2.61. The molecule has 0 atom stereocenters. The first-order chi connectivity index (χ1) is 9.33. The molecular formula is C14H9ClN4. The molecule has 0 aliphatic rings. The third kappa shape index (κ3) is 2.58. The maximum atomic E-state index is 5.99. The summed E-state index contributed by atoms with van der Waals surface area (Å²) in [5.41, 5.74) is 3.28. The Morgan fingerprint density at radius 1 is 0.789 bits per heavy atom. The molecule has 3 aromatic rings. The number of hydrogen-bond donors (Lipinski definition) is 0. The van der Waals surface area contributed by atoms with E-state index in [4.69, 9.17) is 11.6 Å². The first-order valence-electron chi connectivity index (χ1n) is 5.68. The van der Waals surface area contributed by atoms with E-state index in [0.717, 1.165) is 22.5 Å². The van der Waals surface area contributed by atoms with Crippen molar-refractivity contribution in [1.82, 2.24) is 19.9 Å². The highest BCUT2D eigenvalue weighted by Gasteiger charge is 2.07. The van der Waals surface area contributed by atoms with E-state index in [1.807, 2.05) is 30.3 Å². The lowest BCUT2D eigenvalue weighted by Crippen LogP contribution is -1.92. The summed E-state index contributed by atoms with van der Waals surface area (Å²) in [6.07, 6.45) is 6.92. The van der Waals surface area contributed by atoms with Crippen LogP contribution >= 0.6 is 11.6 Å². The standard InChI is InChI=1S/C14H9ClN4/c15-14-18-12(10-3-1-5-16-8-10)7-13(19-14)11-4-2-6-17-9-11/h1-9H. The van der Waals surface area contributed by atoms with Crippen molar-refractivity contribution in [3.05, 3.63) is 60.4 Å². The van der Waals surface area contributed by atoms with E-state index in [0.29, 0.717) is 0 Å². The van der Waals surface area contributed by atoms with Crippen LogP contribution in [0.1, 0.15) is 0 Å². The quantitative estimate of drug-likeness (QED) is 0.670. The molecule has 19 heavy (non-hydrogen) atoms. The molecule has 4 nitrogen and oxygen atoms in total. The van der Waals surface area contributed by atoms with Crippen LogP contribution in [0.4, 0.5) is 0 Å². The Kier molecular flexibility index (Phi) is 3.16. The molecule has 0 aliphatic carbocycles. The van der Waals surface area contributed by atoms with Crippen molar-refractivity contribution in [3.63, 3.8) is 0 Å². The van der Waals surface area contributed by atoms with E-state index in [-0.39, 0.29) is 5.28 Å². The number of nitrogens with zero attached hydrogens (tertiary/aromatic N) is 4. The first kappa shape index (κ1) is 11.7. The number of halogens is 1. The minimum Gasteiger partial charge on any atom is -0.264 e. The van der Waals surface area contributed by atoms with Crippen molar-refractivity contribution < 1.29 is 0 Å². The summed E-state index contributed by atoms with van der Waals surface area (Å²) in [6.45, 7) is 0. The molecule has 3 rings (SSSR count). The van der Waals surface area contributed by atoms with Crippen molar-refractivity contribution in [1.29, 1.82) is 0 Å². The number of pyridine rings is 2. The van der Waals surface area contributed by atoms with Crippen LogP contribution in [0.25, 0.3) is 22.5 Å². The highest BCUT2D eigenvalue weighted by atomic mass is 35.5. The Morgan fingerprint density at radius 3 is 1.74 bits per heavy atom. The topological polar surface area (TPSA) is 51.6 Å². The SMILES string of the molecule is Clc1nc(-c2cccnc2)cc(-c2cccnc2)n1. The van der Waals surface area contributed by atoms with Crippen LogP contribution in [0, 0.1) is 0 Å². The molecule has 0 N–H and O–H groups in total. The Bertz CT molecular complexity index is 629. The largest absolute Gasteiger partial charge is 0.264 e. The molecule has 3 aromatic heterocycles. The minimum absolute atomic E-state index is 0.209. The van der Waals surface area contributed by atoms with Gasteiger partial charge >= 0.3 is 0 Å². The van der Waals surface area contributed by atoms with Gasteiger partial charge in [-0.1, -0.05) is 0 Å². The van der Waals surface area contributed by atoms with Gasteiger partial charge in [0.1, 0.15) is 0 Å². The molecule has 0 bridgehead atoms. The van der Waals surface area contributed by atoms with E-state index < -0.39 is 0 Å². The highest BCUT2D eigenvalue weighted by Crippen LogP contribution is 2.23. The van der Waals surface area contributed by atoms with Crippen molar-refractivity contribution in [2.24, 2.45) is 0 Å². The fourth-order valence-electron chi connectivity index (χ4n) is 1.74. The van der Waals surface area contributed by atoms with Crippen molar-refractivity contribution >= 4 is 11.6 Å². The van der Waals surface area contributed by atoms with Gasteiger partial charge in [0.2, 0.25) is 5.28 Å². The van der Waals surface area contributed by atoms with E-state index in [2.05, 4.69) is 19.9 Å². The Morgan fingerprint density at radius 2 is 1.32 bits per heavy atom. The van der Waals surface area contributed by atoms with Crippen LogP contribution < -0.4 is 0 Å². The van der Waals surface area contributed by atoms with Crippen LogP contribution in [-0.4, -0.2) is 19.9 Å². The van der Waals surface area contributed by atoms with Gasteiger partial charge in [-0.05, 0) is 41.9 Å². The molecule has 0 unspecified atom stereocenters. The summed E-state index contributed by atoms with van der Waals surface area (Å²) in [5.74, 6) is 0. The Hall–Kier alpha value is -2.33. The summed E-state index contributed by atoms with van der Waals surface area (Å²) in [5, 5.41) is 0.209. The molecule has 0 amide bonds. The van der Waals surface area contributed by atoms with E-state index >= 15 is 0 Å². The lowest BCUT2D eigenvalue weighted by atomic mass is 10.1. The molecule has 0 saturated heterocycles. The number of aromatic nitrogens is 4. The van der Waals surface area contributed by atoms with Gasteiger partial charge in [0.15, 0.2) is 0 Å². The second-order valence-corrected chi connectivity index (χ2v) is 4.23. The molecular weight excluding hydrogens is 260 g/mol. The lowest BCUT2D eigenvalue weighted by molar-refractivity contribution is 1.16. The molecule has 0 aromatic carbocycles. The van der Waals surface area contributed by atoms with Crippen LogP contribution in [0.2, 0.25) is 5.28 Å². The van der Waals surface area contributed by atoms with Crippen LogP contribution in [-0.2, 0) is 0 Å². The second-order valence-electron chi connectivity index (χ2n) is 3.89. The third-order valence-corrected chi connectivity index (χ3v) is 2.78. The van der Waals surface area contributed by atoms with Crippen molar-refractivity contribution in [3.8, 4) is 22.5 Å². The predicted octanol–water partition coefficient (Wildman–Crippen LogP) is 3.25. The Balaban J connectivity index is 2.12. The van der Waals surface area contributed by atoms with Crippen LogP contribution in [0.5, 0.6) is 0 Å². The van der Waals surface area contributed by atoms with Gasteiger partial charge in [-0.15, -0.1) is 0 Å². The van der Waals surface area contributed by atoms with Crippen molar-refractivity contribution in [2.75, 3.05) is 0 Å². The summed E-state index contributed by atoms with van der Waals surface area (Å²) in [4.78, 5) is 16.6. The molecule has 0 saturated carbocycles. The number of hydrogen-bond acceptors (Lipinski definition) is 4. The summed E-state index contributed by atoms with van der Waals surface area (Å²) in [6, 6.07) is 9.45. The van der Waals surface area contributed by atoms with Gasteiger partial charge < -0.3 is 0 Å². The zero-order chi connectivity index (χ0) is 13.1. The van der Waals surface area contributed by atoms with Gasteiger partial charge in [0, 0.05) is 35.9 Å². The van der Waals surface area contributed by atoms with Gasteiger partial charge in [-0.25, -0.2) is 9.97 Å².